The number of hydrogen-bond donors (Lipinski definition) is 0. The highest BCUT2D eigenvalue weighted by Crippen LogP contribution is 2.38. The Morgan fingerprint density at radius 1 is 1.41 bits per heavy atom. The summed E-state index contributed by atoms with van der Waals surface area (Å²) in [6, 6.07) is 2.72. The lowest BCUT2D eigenvalue weighted by molar-refractivity contribution is -0.121. The Hall–Kier alpha value is -2.81. The molecule has 1 heterocycles. The van der Waals surface area contributed by atoms with Crippen LogP contribution in [0.15, 0.2) is 23.8 Å². The van der Waals surface area contributed by atoms with Gasteiger partial charge in [-0.15, -0.1) is 6.42 Å². The van der Waals surface area contributed by atoms with Crippen LogP contribution in [0, 0.1) is 18.2 Å². The Morgan fingerprint density at radius 3 is 2.89 bits per heavy atom. The van der Waals surface area contributed by atoms with Crippen molar-refractivity contribution in [3.63, 3.8) is 0 Å². The van der Waals surface area contributed by atoms with Crippen molar-refractivity contribution in [3.8, 4) is 18.1 Å². The van der Waals surface area contributed by atoms with E-state index < -0.39 is 5.82 Å². The number of amides is 2. The number of carbonyl (C=O) groups excluding carboxylic acids is 2. The van der Waals surface area contributed by atoms with Gasteiger partial charge in [-0.2, -0.15) is 0 Å². The van der Waals surface area contributed by atoms with E-state index in [2.05, 4.69) is 5.92 Å². The van der Waals surface area contributed by atoms with E-state index in [9.17, 15) is 14.0 Å². The lowest BCUT2D eigenvalue weighted by Gasteiger charge is -2.31. The number of fused-ring (bicyclic) bond motifs is 1. The van der Waals surface area contributed by atoms with Gasteiger partial charge in [0.1, 0.15) is 5.75 Å². The minimum Gasteiger partial charge on any atom is -0.481 e. The fourth-order valence-electron chi connectivity index (χ4n) is 3.45. The maximum atomic E-state index is 14.8. The molecule has 0 saturated carbocycles. The van der Waals surface area contributed by atoms with Crippen LogP contribution in [0.5, 0.6) is 5.75 Å². The Morgan fingerprint density at radius 2 is 2.22 bits per heavy atom. The summed E-state index contributed by atoms with van der Waals surface area (Å²) in [5.41, 5.74) is 1.20. The Balaban J connectivity index is 2.03. The van der Waals surface area contributed by atoms with E-state index >= 15 is 0 Å². The first-order valence-electron chi connectivity index (χ1n) is 9.27. The van der Waals surface area contributed by atoms with Crippen molar-refractivity contribution in [1.29, 1.82) is 0 Å². The lowest BCUT2D eigenvalue weighted by Crippen LogP contribution is -2.40. The van der Waals surface area contributed by atoms with Gasteiger partial charge in [0, 0.05) is 18.2 Å². The smallest absolute Gasteiger partial charge is 0.265 e. The third kappa shape index (κ3) is 3.82. The topological polar surface area (TPSA) is 49.9 Å². The van der Waals surface area contributed by atoms with E-state index in [1.807, 2.05) is 13.0 Å². The molecule has 1 aliphatic carbocycles. The molecule has 142 valence electrons. The summed E-state index contributed by atoms with van der Waals surface area (Å²) in [7, 11) is 0. The van der Waals surface area contributed by atoms with Gasteiger partial charge in [0.25, 0.3) is 11.8 Å². The van der Waals surface area contributed by atoms with Crippen LogP contribution in [-0.2, 0) is 9.59 Å². The molecule has 0 fully saturated rings. The molecule has 1 aromatic rings. The second-order valence-corrected chi connectivity index (χ2v) is 6.68. The van der Waals surface area contributed by atoms with E-state index in [-0.39, 0.29) is 30.7 Å². The number of anilines is 2. The highest BCUT2D eigenvalue weighted by Gasteiger charge is 2.30. The Bertz CT molecular complexity index is 825. The van der Waals surface area contributed by atoms with Crippen LogP contribution in [0.25, 0.3) is 0 Å². The van der Waals surface area contributed by atoms with Gasteiger partial charge >= 0.3 is 0 Å². The van der Waals surface area contributed by atoms with Crippen LogP contribution in [-0.4, -0.2) is 31.5 Å². The SMILES string of the molecule is C#CCN(C(=O)C1=CCCCC1)c1cc2c(cc1F)OCC(=O)N2CCC. The van der Waals surface area contributed by atoms with Crippen LogP contribution >= 0.6 is 0 Å². The number of allylic oxidation sites excluding steroid dienone is 1. The molecule has 6 heteroatoms. The number of terminal acetylenes is 1. The predicted octanol–water partition coefficient (Wildman–Crippen LogP) is 3.43. The number of carbonyl (C=O) groups is 2. The standard InChI is InChI=1S/C21H23FN2O3/c1-3-10-23-18-13-17(16(22)12-19(18)27-14-20(23)25)24(11-4-2)21(26)15-8-6-5-7-9-15/h2,8,12-13H,3,5-7,9-11,14H2,1H3. The van der Waals surface area contributed by atoms with Gasteiger partial charge in [0.15, 0.2) is 12.4 Å². The molecule has 0 N–H and O–H groups in total. The maximum absolute atomic E-state index is 14.8. The normalized spacial score (nSPS) is 16.1. The quantitative estimate of drug-likeness (QED) is 0.746. The van der Waals surface area contributed by atoms with Gasteiger partial charge in [-0.25, -0.2) is 4.39 Å². The highest BCUT2D eigenvalue weighted by molar-refractivity contribution is 6.07. The van der Waals surface area contributed by atoms with Crippen molar-refractivity contribution in [2.24, 2.45) is 0 Å². The zero-order valence-electron chi connectivity index (χ0n) is 15.5. The van der Waals surface area contributed by atoms with E-state index in [1.165, 1.54) is 17.0 Å². The molecular formula is C21H23FN2O3. The van der Waals surface area contributed by atoms with Crippen LogP contribution in [0.2, 0.25) is 0 Å². The Kier molecular flexibility index (Phi) is 5.80. The molecule has 0 spiro atoms. The molecule has 2 aliphatic rings. The maximum Gasteiger partial charge on any atom is 0.265 e. The summed E-state index contributed by atoms with van der Waals surface area (Å²) in [5, 5.41) is 0. The van der Waals surface area contributed by atoms with Gasteiger partial charge in [-0.1, -0.05) is 18.9 Å². The highest BCUT2D eigenvalue weighted by atomic mass is 19.1. The molecule has 0 unspecified atom stereocenters. The third-order valence-electron chi connectivity index (χ3n) is 4.77. The van der Waals surface area contributed by atoms with Gasteiger partial charge in [0.2, 0.25) is 0 Å². The molecule has 0 atom stereocenters. The van der Waals surface area contributed by atoms with Crippen LogP contribution in [0.3, 0.4) is 0 Å². The van der Waals surface area contributed by atoms with Crippen molar-refractivity contribution < 1.29 is 18.7 Å². The van der Waals surface area contributed by atoms with Gasteiger partial charge < -0.3 is 9.64 Å². The van der Waals surface area contributed by atoms with Gasteiger partial charge in [0.05, 0.1) is 17.9 Å². The Labute approximate surface area is 158 Å². The zero-order chi connectivity index (χ0) is 19.4. The van der Waals surface area contributed by atoms with E-state index in [4.69, 9.17) is 11.2 Å². The van der Waals surface area contributed by atoms with Crippen molar-refractivity contribution in [3.05, 3.63) is 29.6 Å². The molecular weight excluding hydrogens is 347 g/mol. The van der Waals surface area contributed by atoms with E-state index in [0.29, 0.717) is 30.0 Å². The summed E-state index contributed by atoms with van der Waals surface area (Å²) >= 11 is 0. The lowest BCUT2D eigenvalue weighted by atomic mass is 9.98. The number of benzene rings is 1. The number of hydrogen-bond acceptors (Lipinski definition) is 3. The number of nitrogens with zero attached hydrogens (tertiary/aromatic N) is 2. The number of ether oxygens (including phenoxy) is 1. The molecule has 2 amide bonds. The van der Waals surface area contributed by atoms with Crippen LogP contribution in [0.1, 0.15) is 39.0 Å². The first kappa shape index (κ1) is 19.0. The third-order valence-corrected chi connectivity index (χ3v) is 4.77. The van der Waals surface area contributed by atoms with Crippen molar-refractivity contribution >= 4 is 23.2 Å². The minimum absolute atomic E-state index is 0.0472. The molecule has 3 rings (SSSR count). The predicted molar refractivity (Wildman–Crippen MR) is 102 cm³/mol. The largest absolute Gasteiger partial charge is 0.481 e. The summed E-state index contributed by atoms with van der Waals surface area (Å²) in [4.78, 5) is 28.0. The average Bonchev–Trinajstić information content (AvgIpc) is 2.68. The minimum atomic E-state index is -0.598. The molecule has 27 heavy (non-hydrogen) atoms. The van der Waals surface area contributed by atoms with Crippen molar-refractivity contribution in [1.82, 2.24) is 0 Å². The first-order chi connectivity index (χ1) is 13.1. The second kappa shape index (κ2) is 8.26. The molecule has 0 bridgehead atoms. The van der Waals surface area contributed by atoms with Crippen LogP contribution in [0.4, 0.5) is 15.8 Å². The van der Waals surface area contributed by atoms with E-state index in [1.54, 1.807) is 4.90 Å². The number of rotatable bonds is 5. The zero-order valence-corrected chi connectivity index (χ0v) is 15.5. The van der Waals surface area contributed by atoms with Gasteiger partial charge in [-0.3, -0.25) is 14.5 Å². The second-order valence-electron chi connectivity index (χ2n) is 6.68. The fraction of sp³-hybridized carbons (Fsp3) is 0.429. The fourth-order valence-corrected chi connectivity index (χ4v) is 3.45. The summed E-state index contributed by atoms with van der Waals surface area (Å²) < 4.78 is 20.2. The summed E-state index contributed by atoms with van der Waals surface area (Å²) in [5.74, 6) is 1.67. The number of halogens is 1. The van der Waals surface area contributed by atoms with Crippen LogP contribution < -0.4 is 14.5 Å². The molecule has 5 nitrogen and oxygen atoms in total. The van der Waals surface area contributed by atoms with Gasteiger partial charge in [-0.05, 0) is 38.2 Å². The molecule has 1 aliphatic heterocycles. The van der Waals surface area contributed by atoms with Crippen molar-refractivity contribution in [2.45, 2.75) is 39.0 Å². The molecule has 0 aromatic heterocycles. The summed E-state index contributed by atoms with van der Waals surface area (Å²) in [6.07, 6.45) is 11.6. The van der Waals surface area contributed by atoms with E-state index in [0.717, 1.165) is 25.7 Å². The first-order valence-corrected chi connectivity index (χ1v) is 9.27. The molecule has 0 radical (unpaired) electrons. The monoisotopic (exact) mass is 370 g/mol. The van der Waals surface area contributed by atoms with Crippen molar-refractivity contribution in [2.75, 3.05) is 29.5 Å². The average molecular weight is 370 g/mol. The molecule has 1 aromatic carbocycles. The summed E-state index contributed by atoms with van der Waals surface area (Å²) in [6.45, 7) is 2.28. The molecule has 0 saturated heterocycles.